The number of aliphatic hydroxyl groups is 1. The lowest BCUT2D eigenvalue weighted by atomic mass is 10.0. The highest BCUT2D eigenvalue weighted by Gasteiger charge is 2.31. The molecule has 0 bridgehead atoms. The zero-order chi connectivity index (χ0) is 18.5. The summed E-state index contributed by atoms with van der Waals surface area (Å²) in [6, 6.07) is 4.70. The van der Waals surface area contributed by atoms with Crippen molar-refractivity contribution in [1.29, 1.82) is 0 Å². The van der Waals surface area contributed by atoms with Gasteiger partial charge < -0.3 is 19.9 Å². The van der Waals surface area contributed by atoms with Gasteiger partial charge in [0.05, 0.1) is 12.1 Å². The second kappa shape index (κ2) is 8.09. The molecule has 1 aliphatic rings. The summed E-state index contributed by atoms with van der Waals surface area (Å²) in [4.78, 5) is 34.5. The second-order valence-electron chi connectivity index (χ2n) is 6.32. The zero-order valence-electron chi connectivity index (χ0n) is 14.7. The number of imidazole rings is 1. The Hall–Kier alpha value is -2.74. The first kappa shape index (κ1) is 18.1. The van der Waals surface area contributed by atoms with Gasteiger partial charge >= 0.3 is 0 Å². The van der Waals surface area contributed by atoms with Crippen molar-refractivity contribution in [3.8, 4) is 0 Å². The van der Waals surface area contributed by atoms with Gasteiger partial charge in [-0.05, 0) is 18.6 Å². The van der Waals surface area contributed by atoms with E-state index in [-0.39, 0.29) is 24.9 Å². The number of aryl methyl sites for hydroxylation is 1. The SMILES string of the molecule is CCc1nccn1CC(=O)N1CCC(NC(=O)c2ccccn2)C(O)C1. The fourth-order valence-corrected chi connectivity index (χ4v) is 3.11. The van der Waals surface area contributed by atoms with Crippen LogP contribution in [0.1, 0.15) is 29.7 Å². The van der Waals surface area contributed by atoms with Crippen molar-refractivity contribution in [2.45, 2.75) is 38.5 Å². The van der Waals surface area contributed by atoms with Gasteiger partial charge in [-0.2, -0.15) is 0 Å². The number of aromatic nitrogens is 3. The van der Waals surface area contributed by atoms with Crippen molar-refractivity contribution in [3.05, 3.63) is 48.3 Å². The molecule has 138 valence electrons. The van der Waals surface area contributed by atoms with E-state index in [2.05, 4.69) is 15.3 Å². The maximum Gasteiger partial charge on any atom is 0.270 e. The van der Waals surface area contributed by atoms with Crippen molar-refractivity contribution in [3.63, 3.8) is 0 Å². The zero-order valence-corrected chi connectivity index (χ0v) is 14.7. The van der Waals surface area contributed by atoms with Crippen LogP contribution in [0.5, 0.6) is 0 Å². The Kier molecular flexibility index (Phi) is 5.62. The number of hydrogen-bond acceptors (Lipinski definition) is 5. The molecule has 8 heteroatoms. The number of nitrogens with zero attached hydrogens (tertiary/aromatic N) is 4. The average Bonchev–Trinajstić information content (AvgIpc) is 3.11. The van der Waals surface area contributed by atoms with Crippen molar-refractivity contribution in [2.75, 3.05) is 13.1 Å². The lowest BCUT2D eigenvalue weighted by molar-refractivity contribution is -0.135. The van der Waals surface area contributed by atoms with Gasteiger partial charge in [0.25, 0.3) is 5.91 Å². The Balaban J connectivity index is 1.54. The Morgan fingerprint density at radius 1 is 1.31 bits per heavy atom. The predicted octanol–water partition coefficient (Wildman–Crippen LogP) is 0.232. The third-order valence-corrected chi connectivity index (χ3v) is 4.57. The van der Waals surface area contributed by atoms with Crippen LogP contribution >= 0.6 is 0 Å². The lowest BCUT2D eigenvalue weighted by Gasteiger charge is -2.36. The predicted molar refractivity (Wildman–Crippen MR) is 94.3 cm³/mol. The van der Waals surface area contributed by atoms with E-state index in [4.69, 9.17) is 0 Å². The highest BCUT2D eigenvalue weighted by molar-refractivity contribution is 5.92. The Labute approximate surface area is 151 Å². The Bertz CT molecular complexity index is 761. The topological polar surface area (TPSA) is 100 Å². The van der Waals surface area contributed by atoms with Gasteiger partial charge in [0.1, 0.15) is 18.1 Å². The van der Waals surface area contributed by atoms with Crippen molar-refractivity contribution < 1.29 is 14.7 Å². The van der Waals surface area contributed by atoms with E-state index in [0.717, 1.165) is 12.2 Å². The number of pyridine rings is 1. The molecule has 8 nitrogen and oxygen atoms in total. The van der Waals surface area contributed by atoms with Crippen molar-refractivity contribution >= 4 is 11.8 Å². The average molecular weight is 357 g/mol. The van der Waals surface area contributed by atoms with Crippen molar-refractivity contribution in [2.24, 2.45) is 0 Å². The summed E-state index contributed by atoms with van der Waals surface area (Å²) in [5, 5.41) is 13.2. The number of carbonyl (C=O) groups excluding carboxylic acids is 2. The van der Waals surface area contributed by atoms with E-state index in [1.807, 2.05) is 11.5 Å². The van der Waals surface area contributed by atoms with Crippen molar-refractivity contribution in [1.82, 2.24) is 24.8 Å². The third-order valence-electron chi connectivity index (χ3n) is 4.57. The quantitative estimate of drug-likeness (QED) is 0.798. The number of piperidine rings is 1. The first-order valence-corrected chi connectivity index (χ1v) is 8.76. The highest BCUT2D eigenvalue weighted by Crippen LogP contribution is 2.13. The monoisotopic (exact) mass is 357 g/mol. The first-order chi connectivity index (χ1) is 12.6. The highest BCUT2D eigenvalue weighted by atomic mass is 16.3. The molecule has 2 aromatic heterocycles. The maximum atomic E-state index is 12.5. The van der Waals surface area contributed by atoms with Crippen LogP contribution in [-0.2, 0) is 17.8 Å². The Morgan fingerprint density at radius 2 is 2.15 bits per heavy atom. The molecule has 2 amide bonds. The molecular formula is C18H23N5O3. The van der Waals surface area contributed by atoms with Gasteiger partial charge in [0, 0.05) is 38.1 Å². The van der Waals surface area contributed by atoms with Crippen LogP contribution in [0.25, 0.3) is 0 Å². The smallest absolute Gasteiger partial charge is 0.270 e. The minimum atomic E-state index is -0.811. The maximum absolute atomic E-state index is 12.5. The summed E-state index contributed by atoms with van der Waals surface area (Å²) in [6.07, 6.45) is 5.45. The van der Waals surface area contributed by atoms with Gasteiger partial charge in [0.15, 0.2) is 0 Å². The fourth-order valence-electron chi connectivity index (χ4n) is 3.11. The normalized spacial score (nSPS) is 20.0. The van der Waals surface area contributed by atoms with E-state index >= 15 is 0 Å². The van der Waals surface area contributed by atoms with Gasteiger partial charge in [0.2, 0.25) is 5.91 Å². The van der Waals surface area contributed by atoms with E-state index in [1.54, 1.807) is 41.7 Å². The van der Waals surface area contributed by atoms with Crippen LogP contribution in [0.2, 0.25) is 0 Å². The van der Waals surface area contributed by atoms with Crippen LogP contribution in [0.4, 0.5) is 0 Å². The minimum Gasteiger partial charge on any atom is -0.389 e. The standard InChI is InChI=1S/C18H23N5O3/c1-2-16-20-8-10-22(16)12-17(25)23-9-6-13(15(24)11-23)21-18(26)14-5-3-4-7-19-14/h3-5,7-8,10,13,15,24H,2,6,9,11-12H2,1H3,(H,21,26). The molecule has 1 saturated heterocycles. The molecule has 0 aliphatic carbocycles. The van der Waals surface area contributed by atoms with E-state index in [1.165, 1.54) is 0 Å². The number of nitrogens with one attached hydrogen (secondary N) is 1. The molecular weight excluding hydrogens is 334 g/mol. The van der Waals surface area contributed by atoms with Crippen LogP contribution in [0, 0.1) is 0 Å². The van der Waals surface area contributed by atoms with Gasteiger partial charge in [-0.3, -0.25) is 14.6 Å². The number of aliphatic hydroxyl groups excluding tert-OH is 1. The Morgan fingerprint density at radius 3 is 2.85 bits per heavy atom. The number of carbonyl (C=O) groups is 2. The molecule has 1 aliphatic heterocycles. The van der Waals surface area contributed by atoms with Crippen LogP contribution in [-0.4, -0.2) is 61.6 Å². The first-order valence-electron chi connectivity index (χ1n) is 8.76. The fraction of sp³-hybridized carbons (Fsp3) is 0.444. The lowest BCUT2D eigenvalue weighted by Crippen LogP contribution is -2.55. The third kappa shape index (κ3) is 4.08. The van der Waals surface area contributed by atoms with Gasteiger partial charge in [-0.25, -0.2) is 4.98 Å². The molecule has 0 spiro atoms. The molecule has 3 heterocycles. The second-order valence-corrected chi connectivity index (χ2v) is 6.32. The van der Waals surface area contributed by atoms with Gasteiger partial charge in [-0.15, -0.1) is 0 Å². The summed E-state index contributed by atoms with van der Waals surface area (Å²) < 4.78 is 1.82. The molecule has 0 radical (unpaired) electrons. The molecule has 3 rings (SSSR count). The molecule has 2 N–H and O–H groups in total. The number of β-amino-alcohol motifs (C(OH)–C–C–N with tert-alkyl or cyclic N) is 1. The largest absolute Gasteiger partial charge is 0.389 e. The number of likely N-dealkylation sites (tertiary alicyclic amines) is 1. The minimum absolute atomic E-state index is 0.0637. The molecule has 26 heavy (non-hydrogen) atoms. The van der Waals surface area contributed by atoms with Crippen LogP contribution < -0.4 is 5.32 Å². The van der Waals surface area contributed by atoms with E-state index in [9.17, 15) is 14.7 Å². The summed E-state index contributed by atoms with van der Waals surface area (Å²) in [5.41, 5.74) is 0.311. The van der Waals surface area contributed by atoms with E-state index in [0.29, 0.717) is 18.7 Å². The summed E-state index contributed by atoms with van der Waals surface area (Å²) in [5.74, 6) is 0.475. The van der Waals surface area contributed by atoms with E-state index < -0.39 is 12.1 Å². The number of amides is 2. The van der Waals surface area contributed by atoms with Crippen LogP contribution in [0.15, 0.2) is 36.8 Å². The molecule has 0 saturated carbocycles. The van der Waals surface area contributed by atoms with Gasteiger partial charge in [-0.1, -0.05) is 13.0 Å². The molecule has 0 aromatic carbocycles. The molecule has 2 atom stereocenters. The number of hydrogen-bond donors (Lipinski definition) is 2. The molecule has 2 unspecified atom stereocenters. The summed E-state index contributed by atoms with van der Waals surface area (Å²) in [7, 11) is 0. The number of rotatable bonds is 5. The molecule has 2 aromatic rings. The van der Waals surface area contributed by atoms with Crippen LogP contribution in [0.3, 0.4) is 0 Å². The molecule has 1 fully saturated rings. The summed E-state index contributed by atoms with van der Waals surface area (Å²) in [6.45, 7) is 2.88. The summed E-state index contributed by atoms with van der Waals surface area (Å²) >= 11 is 0.